The SMILES string of the molecule is CC(N)C(c1ccccc1F)N(C)CCc1ccccc1. The van der Waals surface area contributed by atoms with Gasteiger partial charge in [0.1, 0.15) is 5.82 Å². The van der Waals surface area contributed by atoms with Crippen molar-refractivity contribution in [3.63, 3.8) is 0 Å². The molecule has 0 aliphatic heterocycles. The first-order chi connectivity index (χ1) is 10.1. The average molecular weight is 286 g/mol. The maximum Gasteiger partial charge on any atom is 0.128 e. The van der Waals surface area contributed by atoms with E-state index in [4.69, 9.17) is 5.73 Å². The van der Waals surface area contributed by atoms with E-state index >= 15 is 0 Å². The van der Waals surface area contributed by atoms with Gasteiger partial charge in [0.05, 0.1) is 6.04 Å². The van der Waals surface area contributed by atoms with E-state index in [-0.39, 0.29) is 17.9 Å². The van der Waals surface area contributed by atoms with E-state index in [1.807, 2.05) is 44.3 Å². The lowest BCUT2D eigenvalue weighted by Crippen LogP contribution is -2.38. The number of benzene rings is 2. The van der Waals surface area contributed by atoms with Crippen molar-refractivity contribution >= 4 is 0 Å². The highest BCUT2D eigenvalue weighted by Gasteiger charge is 2.23. The van der Waals surface area contributed by atoms with Gasteiger partial charge in [0.25, 0.3) is 0 Å². The molecule has 2 aromatic carbocycles. The summed E-state index contributed by atoms with van der Waals surface area (Å²) in [5.74, 6) is -0.189. The molecule has 112 valence electrons. The van der Waals surface area contributed by atoms with Gasteiger partial charge >= 0.3 is 0 Å². The first kappa shape index (κ1) is 15.7. The number of nitrogens with two attached hydrogens (primary N) is 1. The van der Waals surface area contributed by atoms with E-state index in [0.29, 0.717) is 5.56 Å². The maximum atomic E-state index is 14.0. The molecular weight excluding hydrogens is 263 g/mol. The number of hydrogen-bond donors (Lipinski definition) is 1. The van der Waals surface area contributed by atoms with Gasteiger partial charge in [-0.2, -0.15) is 0 Å². The molecule has 0 fully saturated rings. The number of rotatable bonds is 6. The van der Waals surface area contributed by atoms with Crippen LogP contribution in [0.2, 0.25) is 0 Å². The Morgan fingerprint density at radius 1 is 1.05 bits per heavy atom. The van der Waals surface area contributed by atoms with E-state index in [1.54, 1.807) is 6.07 Å². The molecule has 0 radical (unpaired) electrons. The molecule has 0 amide bonds. The molecule has 2 atom stereocenters. The van der Waals surface area contributed by atoms with Crippen molar-refractivity contribution in [2.24, 2.45) is 5.73 Å². The Labute approximate surface area is 126 Å². The third kappa shape index (κ3) is 4.13. The Balaban J connectivity index is 2.10. The normalized spacial score (nSPS) is 14.1. The highest BCUT2D eigenvalue weighted by Crippen LogP contribution is 2.24. The van der Waals surface area contributed by atoms with E-state index in [0.717, 1.165) is 13.0 Å². The van der Waals surface area contributed by atoms with Crippen molar-refractivity contribution < 1.29 is 4.39 Å². The van der Waals surface area contributed by atoms with Crippen LogP contribution in [0.5, 0.6) is 0 Å². The lowest BCUT2D eigenvalue weighted by molar-refractivity contribution is 0.216. The zero-order valence-corrected chi connectivity index (χ0v) is 12.7. The van der Waals surface area contributed by atoms with Gasteiger partial charge in [0, 0.05) is 18.2 Å². The highest BCUT2D eigenvalue weighted by atomic mass is 19.1. The molecule has 3 heteroatoms. The summed E-state index contributed by atoms with van der Waals surface area (Å²) < 4.78 is 14.0. The Morgan fingerprint density at radius 2 is 1.67 bits per heavy atom. The van der Waals surface area contributed by atoms with Crippen molar-refractivity contribution in [2.75, 3.05) is 13.6 Å². The third-order valence-electron chi connectivity index (χ3n) is 3.79. The predicted octanol–water partition coefficient (Wildman–Crippen LogP) is 3.39. The van der Waals surface area contributed by atoms with Crippen molar-refractivity contribution in [1.29, 1.82) is 0 Å². The summed E-state index contributed by atoms with van der Waals surface area (Å²) in [6.07, 6.45) is 0.926. The summed E-state index contributed by atoms with van der Waals surface area (Å²) in [6, 6.07) is 16.9. The lowest BCUT2D eigenvalue weighted by Gasteiger charge is -2.31. The van der Waals surface area contributed by atoms with Crippen molar-refractivity contribution in [3.05, 3.63) is 71.5 Å². The summed E-state index contributed by atoms with van der Waals surface area (Å²) in [5, 5.41) is 0. The quantitative estimate of drug-likeness (QED) is 0.882. The van der Waals surface area contributed by atoms with Crippen LogP contribution in [0.15, 0.2) is 54.6 Å². The van der Waals surface area contributed by atoms with Crippen molar-refractivity contribution in [2.45, 2.75) is 25.4 Å². The Bertz CT molecular complexity index is 554. The van der Waals surface area contributed by atoms with E-state index < -0.39 is 0 Å². The van der Waals surface area contributed by atoms with Gasteiger partial charge in [-0.25, -0.2) is 4.39 Å². The average Bonchev–Trinajstić information content (AvgIpc) is 2.48. The van der Waals surface area contributed by atoms with Gasteiger partial charge in [0.2, 0.25) is 0 Å². The summed E-state index contributed by atoms with van der Waals surface area (Å²) >= 11 is 0. The predicted molar refractivity (Wildman–Crippen MR) is 85.6 cm³/mol. The van der Waals surface area contributed by atoms with Crippen LogP contribution in [0.3, 0.4) is 0 Å². The molecule has 0 saturated carbocycles. The number of hydrogen-bond acceptors (Lipinski definition) is 2. The molecule has 0 saturated heterocycles. The second-order valence-corrected chi connectivity index (χ2v) is 5.54. The zero-order valence-electron chi connectivity index (χ0n) is 12.7. The molecule has 0 bridgehead atoms. The van der Waals surface area contributed by atoms with Gasteiger partial charge < -0.3 is 5.73 Å². The maximum absolute atomic E-state index is 14.0. The fraction of sp³-hybridized carbons (Fsp3) is 0.333. The summed E-state index contributed by atoms with van der Waals surface area (Å²) in [6.45, 7) is 2.76. The molecule has 0 aliphatic rings. The highest BCUT2D eigenvalue weighted by molar-refractivity contribution is 5.23. The van der Waals surface area contributed by atoms with E-state index in [9.17, 15) is 4.39 Å². The number of nitrogens with zero attached hydrogens (tertiary/aromatic N) is 1. The minimum absolute atomic E-state index is 0.116. The van der Waals surface area contributed by atoms with Gasteiger partial charge in [0.15, 0.2) is 0 Å². The topological polar surface area (TPSA) is 29.3 Å². The van der Waals surface area contributed by atoms with Crippen LogP contribution in [0.1, 0.15) is 24.1 Å². The first-order valence-corrected chi connectivity index (χ1v) is 7.33. The van der Waals surface area contributed by atoms with Crippen LogP contribution in [0, 0.1) is 5.82 Å². The number of halogens is 1. The molecule has 21 heavy (non-hydrogen) atoms. The zero-order chi connectivity index (χ0) is 15.2. The molecule has 2 nitrogen and oxygen atoms in total. The van der Waals surface area contributed by atoms with Crippen LogP contribution in [-0.4, -0.2) is 24.5 Å². The van der Waals surface area contributed by atoms with Crippen LogP contribution in [-0.2, 0) is 6.42 Å². The molecule has 2 unspecified atom stereocenters. The Kier molecular flexibility index (Phi) is 5.48. The summed E-state index contributed by atoms with van der Waals surface area (Å²) in [7, 11) is 2.00. The molecule has 2 aromatic rings. The Morgan fingerprint density at radius 3 is 2.29 bits per heavy atom. The summed E-state index contributed by atoms with van der Waals surface area (Å²) in [5.41, 5.74) is 8.05. The molecular formula is C18H23FN2. The van der Waals surface area contributed by atoms with Gasteiger partial charge in [-0.1, -0.05) is 48.5 Å². The van der Waals surface area contributed by atoms with Gasteiger partial charge in [-0.05, 0) is 32.0 Å². The third-order valence-corrected chi connectivity index (χ3v) is 3.79. The second-order valence-electron chi connectivity index (χ2n) is 5.54. The lowest BCUT2D eigenvalue weighted by atomic mass is 9.98. The molecule has 0 aliphatic carbocycles. The van der Waals surface area contributed by atoms with Gasteiger partial charge in [-0.15, -0.1) is 0 Å². The van der Waals surface area contributed by atoms with E-state index in [2.05, 4.69) is 17.0 Å². The first-order valence-electron chi connectivity index (χ1n) is 7.33. The van der Waals surface area contributed by atoms with Crippen LogP contribution < -0.4 is 5.73 Å². The standard InChI is InChI=1S/C18H23FN2/c1-14(20)18(16-10-6-7-11-17(16)19)21(2)13-12-15-8-4-3-5-9-15/h3-11,14,18H,12-13,20H2,1-2H3. The van der Waals surface area contributed by atoms with Crippen LogP contribution in [0.25, 0.3) is 0 Å². The molecule has 0 aromatic heterocycles. The minimum Gasteiger partial charge on any atom is -0.326 e. The minimum atomic E-state index is -0.189. The molecule has 0 spiro atoms. The number of likely N-dealkylation sites (N-methyl/N-ethyl adjacent to an activating group) is 1. The van der Waals surface area contributed by atoms with E-state index in [1.165, 1.54) is 11.6 Å². The fourth-order valence-corrected chi connectivity index (χ4v) is 2.73. The van der Waals surface area contributed by atoms with Crippen molar-refractivity contribution in [1.82, 2.24) is 4.90 Å². The molecule has 2 rings (SSSR count). The smallest absolute Gasteiger partial charge is 0.128 e. The monoisotopic (exact) mass is 286 g/mol. The Hall–Kier alpha value is -1.71. The van der Waals surface area contributed by atoms with Gasteiger partial charge in [-0.3, -0.25) is 4.90 Å². The molecule has 2 N–H and O–H groups in total. The van der Waals surface area contributed by atoms with Crippen LogP contribution in [0.4, 0.5) is 4.39 Å². The fourth-order valence-electron chi connectivity index (χ4n) is 2.73. The molecule has 0 heterocycles. The van der Waals surface area contributed by atoms with Crippen LogP contribution >= 0.6 is 0 Å². The summed E-state index contributed by atoms with van der Waals surface area (Å²) in [4.78, 5) is 2.13. The second kappa shape index (κ2) is 7.34. The largest absolute Gasteiger partial charge is 0.326 e. The van der Waals surface area contributed by atoms with Crippen molar-refractivity contribution in [3.8, 4) is 0 Å².